The number of nitrogens with zero attached hydrogens (tertiary/aromatic N) is 1. The zero-order chi connectivity index (χ0) is 13.5. The van der Waals surface area contributed by atoms with Crippen LogP contribution in [0.1, 0.15) is 26.7 Å². The molecule has 0 spiro atoms. The number of ether oxygens (including phenoxy) is 1. The van der Waals surface area contributed by atoms with Crippen molar-refractivity contribution in [1.82, 2.24) is 10.2 Å². The Balaban J connectivity index is 2.53. The molecule has 5 nitrogen and oxygen atoms in total. The van der Waals surface area contributed by atoms with Crippen LogP contribution in [0, 0.1) is 5.92 Å². The standard InChI is InChI=1S/C13H26N2O3/c1-4-5-14-12-6-11(10(2)16)7-15(8-12)9-13(17)18-3/h10-12,14,16H,4-9H2,1-3H3. The van der Waals surface area contributed by atoms with E-state index >= 15 is 0 Å². The summed E-state index contributed by atoms with van der Waals surface area (Å²) in [5, 5.41) is 13.2. The van der Waals surface area contributed by atoms with Crippen molar-refractivity contribution in [2.24, 2.45) is 5.92 Å². The molecule has 1 aliphatic rings. The summed E-state index contributed by atoms with van der Waals surface area (Å²) in [5.74, 6) is 0.00764. The fourth-order valence-corrected chi connectivity index (χ4v) is 2.45. The highest BCUT2D eigenvalue weighted by Gasteiger charge is 2.30. The lowest BCUT2D eigenvalue weighted by molar-refractivity contribution is -0.142. The number of aliphatic hydroxyl groups is 1. The lowest BCUT2D eigenvalue weighted by atomic mass is 9.90. The van der Waals surface area contributed by atoms with E-state index in [4.69, 9.17) is 4.74 Å². The second kappa shape index (κ2) is 7.71. The van der Waals surface area contributed by atoms with Gasteiger partial charge in [0.15, 0.2) is 0 Å². The van der Waals surface area contributed by atoms with Crippen LogP contribution in [-0.2, 0) is 9.53 Å². The number of aliphatic hydroxyl groups excluding tert-OH is 1. The summed E-state index contributed by atoms with van der Waals surface area (Å²) in [6.45, 7) is 6.85. The van der Waals surface area contributed by atoms with Crippen LogP contribution in [-0.4, -0.2) is 61.4 Å². The largest absolute Gasteiger partial charge is 0.468 e. The summed E-state index contributed by atoms with van der Waals surface area (Å²) in [4.78, 5) is 13.4. The van der Waals surface area contributed by atoms with Crippen molar-refractivity contribution in [2.45, 2.75) is 38.8 Å². The van der Waals surface area contributed by atoms with Crippen LogP contribution < -0.4 is 5.32 Å². The highest BCUT2D eigenvalue weighted by molar-refractivity contribution is 5.71. The summed E-state index contributed by atoms with van der Waals surface area (Å²) in [7, 11) is 1.41. The zero-order valence-electron chi connectivity index (χ0n) is 11.7. The average molecular weight is 258 g/mol. The first kappa shape index (κ1) is 15.4. The molecular weight excluding hydrogens is 232 g/mol. The molecule has 0 aromatic heterocycles. The molecule has 0 amide bonds. The average Bonchev–Trinajstić information content (AvgIpc) is 2.35. The van der Waals surface area contributed by atoms with E-state index in [0.717, 1.165) is 32.5 Å². The predicted octanol–water partition coefficient (Wildman–Crippen LogP) is 0.230. The quantitative estimate of drug-likeness (QED) is 0.668. The Bertz CT molecular complexity index is 259. The van der Waals surface area contributed by atoms with Crippen LogP contribution in [0.2, 0.25) is 0 Å². The fourth-order valence-electron chi connectivity index (χ4n) is 2.45. The van der Waals surface area contributed by atoms with E-state index in [9.17, 15) is 9.90 Å². The maximum Gasteiger partial charge on any atom is 0.319 e. The van der Waals surface area contributed by atoms with Gasteiger partial charge in [0.2, 0.25) is 0 Å². The number of piperidine rings is 1. The van der Waals surface area contributed by atoms with Gasteiger partial charge in [-0.2, -0.15) is 0 Å². The lowest BCUT2D eigenvalue weighted by Crippen LogP contribution is -2.52. The molecule has 1 saturated heterocycles. The Morgan fingerprint density at radius 1 is 1.56 bits per heavy atom. The normalized spacial score (nSPS) is 26.9. The SMILES string of the molecule is CCCNC1CC(C(C)O)CN(CC(=O)OC)C1. The van der Waals surface area contributed by atoms with E-state index in [1.54, 1.807) is 0 Å². The van der Waals surface area contributed by atoms with E-state index in [0.29, 0.717) is 12.6 Å². The van der Waals surface area contributed by atoms with Gasteiger partial charge in [-0.1, -0.05) is 6.92 Å². The Kier molecular flexibility index (Phi) is 6.60. The topological polar surface area (TPSA) is 61.8 Å². The summed E-state index contributed by atoms with van der Waals surface area (Å²) in [6.07, 6.45) is 1.72. The van der Waals surface area contributed by atoms with E-state index in [1.165, 1.54) is 7.11 Å². The van der Waals surface area contributed by atoms with Gasteiger partial charge in [0.05, 0.1) is 19.8 Å². The number of hydrogen-bond acceptors (Lipinski definition) is 5. The van der Waals surface area contributed by atoms with Gasteiger partial charge < -0.3 is 15.2 Å². The Morgan fingerprint density at radius 3 is 2.83 bits per heavy atom. The van der Waals surface area contributed by atoms with Crippen LogP contribution in [0.4, 0.5) is 0 Å². The molecule has 1 fully saturated rings. The van der Waals surface area contributed by atoms with Gasteiger partial charge in [0.25, 0.3) is 0 Å². The number of rotatable bonds is 6. The highest BCUT2D eigenvalue weighted by Crippen LogP contribution is 2.20. The minimum Gasteiger partial charge on any atom is -0.468 e. The van der Waals surface area contributed by atoms with Crippen LogP contribution in [0.25, 0.3) is 0 Å². The van der Waals surface area contributed by atoms with Crippen LogP contribution >= 0.6 is 0 Å². The monoisotopic (exact) mass is 258 g/mol. The van der Waals surface area contributed by atoms with Crippen LogP contribution in [0.5, 0.6) is 0 Å². The maximum atomic E-state index is 11.3. The number of carbonyl (C=O) groups excluding carboxylic acids is 1. The van der Waals surface area contributed by atoms with Crippen molar-refractivity contribution in [2.75, 3.05) is 33.3 Å². The van der Waals surface area contributed by atoms with Crippen molar-refractivity contribution in [3.8, 4) is 0 Å². The third kappa shape index (κ3) is 4.92. The predicted molar refractivity (Wildman–Crippen MR) is 70.3 cm³/mol. The van der Waals surface area contributed by atoms with E-state index < -0.39 is 0 Å². The van der Waals surface area contributed by atoms with Gasteiger partial charge >= 0.3 is 5.97 Å². The molecule has 18 heavy (non-hydrogen) atoms. The van der Waals surface area contributed by atoms with E-state index in [1.807, 2.05) is 6.92 Å². The second-order valence-electron chi connectivity index (χ2n) is 5.16. The molecule has 0 aromatic rings. The lowest BCUT2D eigenvalue weighted by Gasteiger charge is -2.38. The van der Waals surface area contributed by atoms with Crippen LogP contribution in [0.3, 0.4) is 0 Å². The molecule has 3 atom stereocenters. The smallest absolute Gasteiger partial charge is 0.319 e. The van der Waals surface area contributed by atoms with Crippen LogP contribution in [0.15, 0.2) is 0 Å². The van der Waals surface area contributed by atoms with Gasteiger partial charge in [-0.15, -0.1) is 0 Å². The molecule has 0 bridgehead atoms. The summed E-state index contributed by atoms with van der Waals surface area (Å²) in [5.41, 5.74) is 0. The number of hydrogen-bond donors (Lipinski definition) is 2. The first-order chi connectivity index (χ1) is 8.56. The number of nitrogens with one attached hydrogen (secondary N) is 1. The number of likely N-dealkylation sites (tertiary alicyclic amines) is 1. The first-order valence-corrected chi connectivity index (χ1v) is 6.77. The number of methoxy groups -OCH3 is 1. The van der Waals surface area contributed by atoms with Gasteiger partial charge in [0.1, 0.15) is 0 Å². The van der Waals surface area contributed by atoms with Gasteiger partial charge in [-0.05, 0) is 32.2 Å². The number of carbonyl (C=O) groups is 1. The molecule has 1 rings (SSSR count). The van der Waals surface area contributed by atoms with Gasteiger partial charge in [-0.3, -0.25) is 9.69 Å². The maximum absolute atomic E-state index is 11.3. The molecule has 5 heteroatoms. The minimum atomic E-state index is -0.337. The molecule has 3 unspecified atom stereocenters. The molecule has 0 saturated carbocycles. The summed E-state index contributed by atoms with van der Waals surface area (Å²) in [6, 6.07) is 0.350. The van der Waals surface area contributed by atoms with Crippen molar-refractivity contribution in [3.05, 3.63) is 0 Å². The molecule has 0 aromatic carbocycles. The highest BCUT2D eigenvalue weighted by atomic mass is 16.5. The third-order valence-corrected chi connectivity index (χ3v) is 3.50. The molecule has 106 valence electrons. The zero-order valence-corrected chi connectivity index (χ0v) is 11.7. The molecular formula is C13H26N2O3. The molecule has 2 N–H and O–H groups in total. The van der Waals surface area contributed by atoms with Crippen molar-refractivity contribution in [1.29, 1.82) is 0 Å². The second-order valence-corrected chi connectivity index (χ2v) is 5.16. The summed E-state index contributed by atoms with van der Waals surface area (Å²) >= 11 is 0. The van der Waals surface area contributed by atoms with Crippen molar-refractivity contribution < 1.29 is 14.6 Å². The van der Waals surface area contributed by atoms with Crippen molar-refractivity contribution in [3.63, 3.8) is 0 Å². The molecule has 1 heterocycles. The molecule has 0 radical (unpaired) electrons. The van der Waals surface area contributed by atoms with E-state index in [2.05, 4.69) is 17.1 Å². The van der Waals surface area contributed by atoms with Crippen molar-refractivity contribution >= 4 is 5.97 Å². The first-order valence-electron chi connectivity index (χ1n) is 6.77. The molecule has 1 aliphatic heterocycles. The fraction of sp³-hybridized carbons (Fsp3) is 0.923. The Labute approximate surface area is 109 Å². The molecule has 0 aliphatic carbocycles. The Morgan fingerprint density at radius 2 is 2.28 bits per heavy atom. The van der Waals surface area contributed by atoms with Gasteiger partial charge in [-0.25, -0.2) is 0 Å². The number of esters is 1. The van der Waals surface area contributed by atoms with Gasteiger partial charge in [0, 0.05) is 19.1 Å². The minimum absolute atomic E-state index is 0.213. The Hall–Kier alpha value is -0.650. The third-order valence-electron chi connectivity index (χ3n) is 3.50. The summed E-state index contributed by atoms with van der Waals surface area (Å²) < 4.78 is 4.70. The van der Waals surface area contributed by atoms with E-state index in [-0.39, 0.29) is 18.0 Å².